The Morgan fingerprint density at radius 2 is 1.79 bits per heavy atom. The average molecular weight is 394 g/mol. The molecule has 8 heteroatoms. The van der Waals surface area contributed by atoms with Crippen molar-refractivity contribution in [1.29, 1.82) is 0 Å². The molecule has 1 unspecified atom stereocenters. The van der Waals surface area contributed by atoms with Crippen molar-refractivity contribution in [2.45, 2.75) is 18.9 Å². The molecule has 0 aliphatic heterocycles. The molecule has 1 atom stereocenters. The average Bonchev–Trinajstić information content (AvgIpc) is 3.22. The van der Waals surface area contributed by atoms with Crippen molar-refractivity contribution in [3.8, 4) is 11.4 Å². The van der Waals surface area contributed by atoms with Crippen molar-refractivity contribution >= 4 is 28.9 Å². The van der Waals surface area contributed by atoms with Crippen molar-refractivity contribution in [2.75, 3.05) is 0 Å². The Kier molecular flexibility index (Phi) is 6.23. The molecule has 0 saturated carbocycles. The van der Waals surface area contributed by atoms with E-state index in [0.717, 1.165) is 16.9 Å². The van der Waals surface area contributed by atoms with Gasteiger partial charge in [0.2, 0.25) is 5.78 Å². The number of pyridine rings is 1. The van der Waals surface area contributed by atoms with Crippen molar-refractivity contribution in [1.82, 2.24) is 15.3 Å². The van der Waals surface area contributed by atoms with Crippen molar-refractivity contribution in [3.63, 3.8) is 0 Å². The standard InChI is InChI=1S/C20H18N4O3S/c21-19(26)17(25)15(10-9-13-6-2-1-3-7-13)24-20(27)18-16(23-12-28-18)14-8-4-5-11-22-14/h1-8,11-12,15H,9-10H2,(H2,21,26)(H,24,27). The number of primary amides is 1. The summed E-state index contributed by atoms with van der Waals surface area (Å²) < 4.78 is 0. The molecule has 3 rings (SSSR count). The summed E-state index contributed by atoms with van der Waals surface area (Å²) in [5.41, 5.74) is 8.67. The van der Waals surface area contributed by atoms with Crippen LogP contribution in [0.2, 0.25) is 0 Å². The van der Waals surface area contributed by atoms with Crippen LogP contribution in [0.15, 0.2) is 60.2 Å². The highest BCUT2D eigenvalue weighted by Crippen LogP contribution is 2.23. The lowest BCUT2D eigenvalue weighted by molar-refractivity contribution is -0.137. The Morgan fingerprint density at radius 3 is 2.46 bits per heavy atom. The molecule has 7 nitrogen and oxygen atoms in total. The number of rotatable bonds is 8. The van der Waals surface area contributed by atoms with Gasteiger partial charge in [-0.3, -0.25) is 19.4 Å². The molecule has 142 valence electrons. The van der Waals surface area contributed by atoms with Crippen LogP contribution in [0, 0.1) is 0 Å². The highest BCUT2D eigenvalue weighted by molar-refractivity contribution is 7.12. The molecule has 3 N–H and O–H groups in total. The fourth-order valence-electron chi connectivity index (χ4n) is 2.71. The van der Waals surface area contributed by atoms with Crippen LogP contribution in [0.5, 0.6) is 0 Å². The molecule has 0 spiro atoms. The fraction of sp³-hybridized carbons (Fsp3) is 0.150. The number of aryl methyl sites for hydroxylation is 1. The van der Waals surface area contributed by atoms with Crippen molar-refractivity contribution < 1.29 is 14.4 Å². The number of carbonyl (C=O) groups is 3. The van der Waals surface area contributed by atoms with Gasteiger partial charge in [0, 0.05) is 6.20 Å². The van der Waals surface area contributed by atoms with E-state index in [4.69, 9.17) is 5.73 Å². The van der Waals surface area contributed by atoms with Crippen LogP contribution >= 0.6 is 11.3 Å². The van der Waals surface area contributed by atoms with E-state index < -0.39 is 23.6 Å². The molecule has 0 aliphatic carbocycles. The highest BCUT2D eigenvalue weighted by atomic mass is 32.1. The third-order valence-corrected chi connectivity index (χ3v) is 4.94. The molecule has 1 aromatic carbocycles. The number of hydrogen-bond donors (Lipinski definition) is 2. The van der Waals surface area contributed by atoms with Crippen LogP contribution in [0.4, 0.5) is 0 Å². The minimum Gasteiger partial charge on any atom is -0.363 e. The first-order valence-electron chi connectivity index (χ1n) is 8.59. The van der Waals surface area contributed by atoms with E-state index in [1.807, 2.05) is 30.3 Å². The molecular formula is C20H18N4O3S. The predicted octanol–water partition coefficient (Wildman–Crippen LogP) is 1.99. The Labute approximate surface area is 165 Å². The summed E-state index contributed by atoms with van der Waals surface area (Å²) in [5, 5.41) is 2.63. The minimum absolute atomic E-state index is 0.259. The maximum absolute atomic E-state index is 12.8. The number of nitrogens with two attached hydrogens (primary N) is 1. The zero-order valence-electron chi connectivity index (χ0n) is 14.9. The second-order valence-electron chi connectivity index (χ2n) is 6.02. The van der Waals surface area contributed by atoms with E-state index in [9.17, 15) is 14.4 Å². The number of ketones is 1. The normalized spacial score (nSPS) is 11.6. The summed E-state index contributed by atoms with van der Waals surface area (Å²) in [6, 6.07) is 13.8. The molecule has 0 bridgehead atoms. The zero-order valence-corrected chi connectivity index (χ0v) is 15.7. The Morgan fingerprint density at radius 1 is 1.04 bits per heavy atom. The van der Waals surface area contributed by atoms with Gasteiger partial charge in [0.15, 0.2) is 0 Å². The number of nitrogens with one attached hydrogen (secondary N) is 1. The van der Waals surface area contributed by atoms with Crippen molar-refractivity contribution in [3.05, 3.63) is 70.7 Å². The lowest BCUT2D eigenvalue weighted by Gasteiger charge is -2.16. The highest BCUT2D eigenvalue weighted by Gasteiger charge is 2.27. The molecule has 0 radical (unpaired) electrons. The van der Waals surface area contributed by atoms with Crippen LogP contribution in [-0.2, 0) is 16.0 Å². The van der Waals surface area contributed by atoms with Crippen molar-refractivity contribution in [2.24, 2.45) is 5.73 Å². The number of carbonyl (C=O) groups excluding carboxylic acids is 3. The monoisotopic (exact) mass is 394 g/mol. The van der Waals surface area contributed by atoms with Gasteiger partial charge >= 0.3 is 0 Å². The van der Waals surface area contributed by atoms with E-state index in [2.05, 4.69) is 15.3 Å². The number of aromatic nitrogens is 2. The first-order valence-corrected chi connectivity index (χ1v) is 9.47. The van der Waals surface area contributed by atoms with Gasteiger partial charge in [0.05, 0.1) is 17.2 Å². The molecule has 0 saturated heterocycles. The number of hydrogen-bond acceptors (Lipinski definition) is 6. The Balaban J connectivity index is 1.77. The van der Waals surface area contributed by atoms with Gasteiger partial charge in [-0.05, 0) is 30.5 Å². The van der Waals surface area contributed by atoms with Gasteiger partial charge in [0.1, 0.15) is 10.6 Å². The third-order valence-electron chi connectivity index (χ3n) is 4.11. The predicted molar refractivity (Wildman–Crippen MR) is 106 cm³/mol. The maximum atomic E-state index is 12.8. The van der Waals surface area contributed by atoms with Gasteiger partial charge in [-0.2, -0.15) is 0 Å². The van der Waals surface area contributed by atoms with E-state index in [1.54, 1.807) is 24.4 Å². The molecule has 0 fully saturated rings. The lowest BCUT2D eigenvalue weighted by Crippen LogP contribution is -2.46. The second-order valence-corrected chi connectivity index (χ2v) is 6.88. The quantitative estimate of drug-likeness (QED) is 0.567. The molecular weight excluding hydrogens is 376 g/mol. The van der Waals surface area contributed by atoms with Gasteiger partial charge in [-0.25, -0.2) is 4.98 Å². The Hall–Kier alpha value is -3.39. The topological polar surface area (TPSA) is 115 Å². The molecule has 0 aliphatic rings. The molecule has 2 aromatic heterocycles. The van der Waals surface area contributed by atoms with Gasteiger partial charge in [0.25, 0.3) is 11.8 Å². The maximum Gasteiger partial charge on any atom is 0.287 e. The first-order chi connectivity index (χ1) is 13.6. The third kappa shape index (κ3) is 4.66. The summed E-state index contributed by atoms with van der Waals surface area (Å²) in [6.45, 7) is 0. The molecule has 2 amide bonds. The molecule has 2 heterocycles. The van der Waals surface area contributed by atoms with E-state index in [-0.39, 0.29) is 6.42 Å². The molecule has 3 aromatic rings. The summed E-state index contributed by atoms with van der Waals surface area (Å²) in [5.74, 6) is -2.39. The summed E-state index contributed by atoms with van der Waals surface area (Å²) in [4.78, 5) is 45.1. The van der Waals surface area contributed by atoms with E-state index in [1.165, 1.54) is 5.51 Å². The SMILES string of the molecule is NC(=O)C(=O)C(CCc1ccccc1)NC(=O)c1scnc1-c1ccccn1. The second kappa shape index (κ2) is 9.01. The summed E-state index contributed by atoms with van der Waals surface area (Å²) in [7, 11) is 0. The first kappa shape index (κ1) is 19.4. The van der Waals surface area contributed by atoms with Gasteiger partial charge in [-0.15, -0.1) is 11.3 Å². The number of thiazole rings is 1. The number of benzene rings is 1. The van der Waals surface area contributed by atoms with Gasteiger partial charge in [-0.1, -0.05) is 36.4 Å². The Bertz CT molecular complexity index is 973. The van der Waals surface area contributed by atoms with Crippen LogP contribution < -0.4 is 11.1 Å². The van der Waals surface area contributed by atoms with Crippen LogP contribution in [-0.4, -0.2) is 33.6 Å². The number of Topliss-reactive ketones (excluding diaryl/α,β-unsaturated/α-hetero) is 1. The smallest absolute Gasteiger partial charge is 0.287 e. The number of nitrogens with zero attached hydrogens (tertiary/aromatic N) is 2. The minimum atomic E-state index is -1.08. The van der Waals surface area contributed by atoms with Crippen LogP contribution in [0.1, 0.15) is 21.7 Å². The van der Waals surface area contributed by atoms with E-state index in [0.29, 0.717) is 22.7 Å². The summed E-state index contributed by atoms with van der Waals surface area (Å²) >= 11 is 1.14. The van der Waals surface area contributed by atoms with Gasteiger partial charge < -0.3 is 11.1 Å². The number of amides is 2. The van der Waals surface area contributed by atoms with E-state index >= 15 is 0 Å². The largest absolute Gasteiger partial charge is 0.363 e. The fourth-order valence-corrected chi connectivity index (χ4v) is 3.41. The zero-order chi connectivity index (χ0) is 19.9. The van der Waals surface area contributed by atoms with Crippen LogP contribution in [0.25, 0.3) is 11.4 Å². The lowest BCUT2D eigenvalue weighted by atomic mass is 10.0. The van der Waals surface area contributed by atoms with Crippen LogP contribution in [0.3, 0.4) is 0 Å². The molecule has 28 heavy (non-hydrogen) atoms. The summed E-state index contributed by atoms with van der Waals surface area (Å²) in [6.07, 6.45) is 2.38.